The van der Waals surface area contributed by atoms with Gasteiger partial charge in [-0.15, -0.1) is 11.8 Å². The average molecular weight is 183 g/mol. The number of hydrogen-bond acceptors (Lipinski definition) is 2. The van der Waals surface area contributed by atoms with Crippen LogP contribution in [0.2, 0.25) is 0 Å². The third kappa shape index (κ3) is 5.68. The van der Waals surface area contributed by atoms with Crippen molar-refractivity contribution in [2.45, 2.75) is 45.8 Å². The van der Waals surface area contributed by atoms with Crippen molar-refractivity contribution in [1.82, 2.24) is 5.32 Å². The van der Waals surface area contributed by atoms with Gasteiger partial charge in [0.05, 0.1) is 6.10 Å². The molecule has 0 saturated carbocycles. The smallest absolute Gasteiger partial charge is 0.0700 e. The van der Waals surface area contributed by atoms with Crippen molar-refractivity contribution in [3.05, 3.63) is 0 Å². The Morgan fingerprint density at radius 3 is 2.62 bits per heavy atom. The normalized spacial score (nSPS) is 14.5. The molecule has 0 fully saturated rings. The minimum Gasteiger partial charge on any atom is -0.377 e. The van der Waals surface area contributed by atoms with E-state index in [9.17, 15) is 0 Å². The van der Waals surface area contributed by atoms with Gasteiger partial charge in [-0.3, -0.25) is 0 Å². The van der Waals surface area contributed by atoms with Gasteiger partial charge in [0.25, 0.3) is 0 Å². The van der Waals surface area contributed by atoms with E-state index < -0.39 is 0 Å². The lowest BCUT2D eigenvalue weighted by molar-refractivity contribution is 0.0477. The Morgan fingerprint density at radius 1 is 1.46 bits per heavy atom. The molecule has 2 atom stereocenters. The van der Waals surface area contributed by atoms with E-state index in [-0.39, 0.29) is 6.10 Å². The molecule has 0 heterocycles. The van der Waals surface area contributed by atoms with E-state index in [1.165, 1.54) is 0 Å². The molecule has 0 aromatic rings. The zero-order valence-electron chi connectivity index (χ0n) is 9.18. The molecule has 0 aliphatic rings. The lowest BCUT2D eigenvalue weighted by Gasteiger charge is -2.22. The number of nitrogens with one attached hydrogen (secondary N) is 1. The summed E-state index contributed by atoms with van der Waals surface area (Å²) in [4.78, 5) is 0. The Labute approximate surface area is 82.1 Å². The summed E-state index contributed by atoms with van der Waals surface area (Å²) in [5.74, 6) is 5.96. The van der Waals surface area contributed by atoms with Gasteiger partial charge in [0, 0.05) is 19.1 Å². The SMILES string of the molecule is CC#CCCC(NC)C(C)OCC. The summed E-state index contributed by atoms with van der Waals surface area (Å²) >= 11 is 0. The van der Waals surface area contributed by atoms with Crippen LogP contribution in [-0.2, 0) is 4.74 Å². The topological polar surface area (TPSA) is 21.3 Å². The van der Waals surface area contributed by atoms with Crippen molar-refractivity contribution < 1.29 is 4.74 Å². The highest BCUT2D eigenvalue weighted by molar-refractivity contribution is 4.95. The van der Waals surface area contributed by atoms with Crippen LogP contribution in [-0.4, -0.2) is 25.8 Å². The molecule has 0 bridgehead atoms. The second-order valence-electron chi connectivity index (χ2n) is 3.02. The van der Waals surface area contributed by atoms with Gasteiger partial charge in [-0.1, -0.05) is 0 Å². The van der Waals surface area contributed by atoms with Crippen LogP contribution in [0, 0.1) is 11.8 Å². The van der Waals surface area contributed by atoms with Gasteiger partial charge in [0.2, 0.25) is 0 Å². The maximum atomic E-state index is 5.51. The molecule has 0 spiro atoms. The molecule has 0 amide bonds. The van der Waals surface area contributed by atoms with Crippen LogP contribution < -0.4 is 5.32 Å². The summed E-state index contributed by atoms with van der Waals surface area (Å²) in [6.07, 6.45) is 2.27. The van der Waals surface area contributed by atoms with E-state index in [0.717, 1.165) is 19.4 Å². The summed E-state index contributed by atoms with van der Waals surface area (Å²) in [6, 6.07) is 0.417. The predicted octanol–water partition coefficient (Wildman–Crippen LogP) is 1.80. The fraction of sp³-hybridized carbons (Fsp3) is 0.818. The standard InChI is InChI=1S/C11H21NO/c1-5-7-8-9-11(12-4)10(3)13-6-2/h10-12H,6,8-9H2,1-4H3. The molecule has 0 rings (SSSR count). The molecule has 2 unspecified atom stereocenters. The first kappa shape index (κ1) is 12.5. The average Bonchev–Trinajstić information content (AvgIpc) is 2.13. The first-order chi connectivity index (χ1) is 6.26. The van der Waals surface area contributed by atoms with Gasteiger partial charge in [0.1, 0.15) is 0 Å². The van der Waals surface area contributed by atoms with E-state index in [4.69, 9.17) is 4.74 Å². The summed E-state index contributed by atoms with van der Waals surface area (Å²) in [6.45, 7) is 6.78. The summed E-state index contributed by atoms with van der Waals surface area (Å²) in [5, 5.41) is 3.25. The Hall–Kier alpha value is -0.520. The van der Waals surface area contributed by atoms with Crippen LogP contribution >= 0.6 is 0 Å². The number of hydrogen-bond donors (Lipinski definition) is 1. The van der Waals surface area contributed by atoms with E-state index in [0.29, 0.717) is 6.04 Å². The maximum Gasteiger partial charge on any atom is 0.0700 e. The summed E-state index contributed by atoms with van der Waals surface area (Å²) in [7, 11) is 1.97. The van der Waals surface area contributed by atoms with Crippen molar-refractivity contribution in [1.29, 1.82) is 0 Å². The number of rotatable bonds is 6. The highest BCUT2D eigenvalue weighted by atomic mass is 16.5. The zero-order valence-corrected chi connectivity index (χ0v) is 9.18. The Morgan fingerprint density at radius 2 is 2.15 bits per heavy atom. The molecule has 2 heteroatoms. The lowest BCUT2D eigenvalue weighted by Crippen LogP contribution is -2.37. The van der Waals surface area contributed by atoms with Crippen LogP contribution in [0.15, 0.2) is 0 Å². The van der Waals surface area contributed by atoms with E-state index in [1.54, 1.807) is 0 Å². The van der Waals surface area contributed by atoms with Gasteiger partial charge in [-0.2, -0.15) is 0 Å². The van der Waals surface area contributed by atoms with Crippen molar-refractivity contribution in [3.8, 4) is 11.8 Å². The molecule has 0 radical (unpaired) electrons. The fourth-order valence-corrected chi connectivity index (χ4v) is 1.35. The Kier molecular flexibility index (Phi) is 7.77. The van der Waals surface area contributed by atoms with Crippen LogP contribution in [0.5, 0.6) is 0 Å². The third-order valence-electron chi connectivity index (χ3n) is 2.12. The molecular weight excluding hydrogens is 162 g/mol. The molecule has 13 heavy (non-hydrogen) atoms. The summed E-state index contributed by atoms with van der Waals surface area (Å²) < 4.78 is 5.51. The second kappa shape index (κ2) is 8.10. The van der Waals surface area contributed by atoms with E-state index in [1.807, 2.05) is 20.9 Å². The van der Waals surface area contributed by atoms with Crippen molar-refractivity contribution in [3.63, 3.8) is 0 Å². The van der Waals surface area contributed by atoms with Gasteiger partial charge in [-0.05, 0) is 34.2 Å². The van der Waals surface area contributed by atoms with Crippen LogP contribution in [0.3, 0.4) is 0 Å². The minimum absolute atomic E-state index is 0.272. The van der Waals surface area contributed by atoms with Crippen LogP contribution in [0.25, 0.3) is 0 Å². The molecule has 76 valence electrons. The highest BCUT2D eigenvalue weighted by Crippen LogP contribution is 2.05. The molecular formula is C11H21NO. The Bertz CT molecular complexity index is 169. The molecule has 2 nitrogen and oxygen atoms in total. The number of ether oxygens (including phenoxy) is 1. The van der Waals surface area contributed by atoms with Gasteiger partial charge in [-0.25, -0.2) is 0 Å². The Balaban J connectivity index is 3.77. The third-order valence-corrected chi connectivity index (χ3v) is 2.12. The fourth-order valence-electron chi connectivity index (χ4n) is 1.35. The van der Waals surface area contributed by atoms with Crippen molar-refractivity contribution >= 4 is 0 Å². The van der Waals surface area contributed by atoms with E-state index >= 15 is 0 Å². The van der Waals surface area contributed by atoms with Gasteiger partial charge < -0.3 is 10.1 Å². The molecule has 0 saturated heterocycles. The van der Waals surface area contributed by atoms with Crippen molar-refractivity contribution in [2.24, 2.45) is 0 Å². The second-order valence-corrected chi connectivity index (χ2v) is 3.02. The quantitative estimate of drug-likeness (QED) is 0.634. The molecule has 1 N–H and O–H groups in total. The van der Waals surface area contributed by atoms with E-state index in [2.05, 4.69) is 24.1 Å². The molecule has 0 aliphatic carbocycles. The largest absolute Gasteiger partial charge is 0.377 e. The highest BCUT2D eigenvalue weighted by Gasteiger charge is 2.13. The zero-order chi connectivity index (χ0) is 10.1. The summed E-state index contributed by atoms with van der Waals surface area (Å²) in [5.41, 5.74) is 0. The monoisotopic (exact) mass is 183 g/mol. The first-order valence-electron chi connectivity index (χ1n) is 4.94. The molecule has 0 aromatic carbocycles. The maximum absolute atomic E-state index is 5.51. The van der Waals surface area contributed by atoms with Gasteiger partial charge >= 0.3 is 0 Å². The molecule has 0 aromatic heterocycles. The van der Waals surface area contributed by atoms with Crippen LogP contribution in [0.1, 0.15) is 33.6 Å². The minimum atomic E-state index is 0.272. The predicted molar refractivity (Wildman–Crippen MR) is 56.6 cm³/mol. The number of likely N-dealkylation sites (N-methyl/N-ethyl adjacent to an activating group) is 1. The van der Waals surface area contributed by atoms with Gasteiger partial charge in [0.15, 0.2) is 0 Å². The molecule has 0 aliphatic heterocycles. The van der Waals surface area contributed by atoms with Crippen LogP contribution in [0.4, 0.5) is 0 Å². The lowest BCUT2D eigenvalue weighted by atomic mass is 10.1. The van der Waals surface area contributed by atoms with Crippen molar-refractivity contribution in [2.75, 3.05) is 13.7 Å². The first-order valence-corrected chi connectivity index (χ1v) is 4.94.